The summed E-state index contributed by atoms with van der Waals surface area (Å²) in [5.41, 5.74) is 2.82. The van der Waals surface area contributed by atoms with Gasteiger partial charge in [0.15, 0.2) is 5.11 Å². The Morgan fingerprint density at radius 2 is 1.72 bits per heavy atom. The minimum atomic E-state index is -0.539. The van der Waals surface area contributed by atoms with Crippen LogP contribution in [0.4, 0.5) is 5.69 Å². The van der Waals surface area contributed by atoms with Gasteiger partial charge in [-0.25, -0.2) is 0 Å². The molecule has 2 amide bonds. The fourth-order valence-electron chi connectivity index (χ4n) is 2.85. The quantitative estimate of drug-likeness (QED) is 0.398. The van der Waals surface area contributed by atoms with Crippen molar-refractivity contribution in [3.63, 3.8) is 0 Å². The first-order valence-electron chi connectivity index (χ1n) is 8.56. The standard InChI is InChI=1S/C21H13ClN4O2S/c22-15-5-7-16(8-6-15)26-20(28)17(19(27)25-21(26)29)11-13-1-3-14(4-2-13)18-12-23-9-10-24-18/h1-12H,(H,25,27,29)/b17-11-. The van der Waals surface area contributed by atoms with Gasteiger partial charge in [-0.3, -0.25) is 29.8 Å². The van der Waals surface area contributed by atoms with E-state index in [2.05, 4.69) is 15.3 Å². The summed E-state index contributed by atoms with van der Waals surface area (Å²) >= 11 is 11.1. The van der Waals surface area contributed by atoms with Crippen molar-refractivity contribution in [2.75, 3.05) is 4.90 Å². The summed E-state index contributed by atoms with van der Waals surface area (Å²) in [6.45, 7) is 0. The van der Waals surface area contributed by atoms with Crippen LogP contribution in [0.5, 0.6) is 0 Å². The molecule has 29 heavy (non-hydrogen) atoms. The van der Waals surface area contributed by atoms with Crippen molar-refractivity contribution in [1.82, 2.24) is 15.3 Å². The second-order valence-electron chi connectivity index (χ2n) is 6.15. The molecule has 1 N–H and O–H groups in total. The zero-order chi connectivity index (χ0) is 20.4. The van der Waals surface area contributed by atoms with Crippen LogP contribution < -0.4 is 10.2 Å². The molecule has 1 fully saturated rings. The van der Waals surface area contributed by atoms with Gasteiger partial charge in [-0.1, -0.05) is 35.9 Å². The van der Waals surface area contributed by atoms with Gasteiger partial charge in [0.1, 0.15) is 5.57 Å². The average molecular weight is 421 g/mol. The summed E-state index contributed by atoms with van der Waals surface area (Å²) in [4.78, 5) is 34.9. The SMILES string of the molecule is O=C1NC(=S)N(c2ccc(Cl)cc2)C(=O)/C1=C\c1ccc(-c2cnccn2)cc1. The molecule has 0 saturated carbocycles. The molecule has 3 aromatic rings. The number of aromatic nitrogens is 2. The normalized spacial score (nSPS) is 15.6. The molecule has 142 valence electrons. The van der Waals surface area contributed by atoms with Gasteiger partial charge in [-0.15, -0.1) is 0 Å². The van der Waals surface area contributed by atoms with Crippen LogP contribution >= 0.6 is 23.8 Å². The molecule has 0 aliphatic carbocycles. The van der Waals surface area contributed by atoms with Crippen LogP contribution in [-0.2, 0) is 9.59 Å². The van der Waals surface area contributed by atoms with Crippen LogP contribution in [0, 0.1) is 0 Å². The highest BCUT2D eigenvalue weighted by Crippen LogP contribution is 2.24. The fraction of sp³-hybridized carbons (Fsp3) is 0. The average Bonchev–Trinajstić information content (AvgIpc) is 2.73. The molecule has 8 heteroatoms. The first-order chi connectivity index (χ1) is 14.0. The maximum absolute atomic E-state index is 13.0. The number of anilines is 1. The predicted octanol–water partition coefficient (Wildman–Crippen LogP) is 3.63. The number of halogens is 1. The number of nitrogens with one attached hydrogen (secondary N) is 1. The van der Waals surface area contributed by atoms with E-state index in [1.54, 1.807) is 55.0 Å². The van der Waals surface area contributed by atoms with Gasteiger partial charge in [0.05, 0.1) is 17.6 Å². The van der Waals surface area contributed by atoms with Gasteiger partial charge in [0, 0.05) is 23.0 Å². The van der Waals surface area contributed by atoms with Gasteiger partial charge in [-0.2, -0.15) is 0 Å². The summed E-state index contributed by atoms with van der Waals surface area (Å²) in [6.07, 6.45) is 6.41. The smallest absolute Gasteiger partial charge is 0.270 e. The van der Waals surface area contributed by atoms with Gasteiger partial charge in [-0.05, 0) is 48.1 Å². The van der Waals surface area contributed by atoms with E-state index in [1.807, 2.05) is 12.1 Å². The lowest BCUT2D eigenvalue weighted by Crippen LogP contribution is -2.54. The number of nitrogens with zero attached hydrogens (tertiary/aromatic N) is 3. The highest BCUT2D eigenvalue weighted by Gasteiger charge is 2.34. The van der Waals surface area contributed by atoms with Crippen molar-refractivity contribution in [2.45, 2.75) is 0 Å². The Bertz CT molecular complexity index is 1130. The summed E-state index contributed by atoms with van der Waals surface area (Å²) in [6, 6.07) is 13.9. The third-order valence-corrected chi connectivity index (χ3v) is 4.80. The molecule has 4 rings (SSSR count). The molecular weight excluding hydrogens is 408 g/mol. The summed E-state index contributed by atoms with van der Waals surface area (Å²) < 4.78 is 0. The lowest BCUT2D eigenvalue weighted by atomic mass is 10.0. The summed E-state index contributed by atoms with van der Waals surface area (Å²) in [5, 5.41) is 3.12. The first kappa shape index (κ1) is 18.9. The Morgan fingerprint density at radius 3 is 2.38 bits per heavy atom. The van der Waals surface area contributed by atoms with Crippen LogP contribution in [0.25, 0.3) is 17.3 Å². The van der Waals surface area contributed by atoms with Crippen LogP contribution in [-0.4, -0.2) is 26.9 Å². The van der Waals surface area contributed by atoms with E-state index >= 15 is 0 Å². The number of carbonyl (C=O) groups is 2. The Morgan fingerprint density at radius 1 is 1.00 bits per heavy atom. The van der Waals surface area contributed by atoms with E-state index in [9.17, 15) is 9.59 Å². The monoisotopic (exact) mass is 420 g/mol. The fourth-order valence-corrected chi connectivity index (χ4v) is 3.25. The predicted molar refractivity (Wildman–Crippen MR) is 115 cm³/mol. The van der Waals surface area contributed by atoms with Gasteiger partial charge in [0.25, 0.3) is 11.8 Å². The summed E-state index contributed by atoms with van der Waals surface area (Å²) in [5.74, 6) is -1.04. The van der Waals surface area contributed by atoms with Crippen LogP contribution in [0.1, 0.15) is 5.56 Å². The Balaban J connectivity index is 1.65. The van der Waals surface area contributed by atoms with Crippen molar-refractivity contribution < 1.29 is 9.59 Å². The van der Waals surface area contributed by atoms with Crippen molar-refractivity contribution in [1.29, 1.82) is 0 Å². The molecule has 2 aromatic carbocycles. The van der Waals surface area contributed by atoms with E-state index in [-0.39, 0.29) is 10.7 Å². The van der Waals surface area contributed by atoms with Crippen molar-refractivity contribution in [3.8, 4) is 11.3 Å². The molecular formula is C21H13ClN4O2S. The van der Waals surface area contributed by atoms with Gasteiger partial charge in [0.2, 0.25) is 0 Å². The van der Waals surface area contributed by atoms with E-state index in [0.29, 0.717) is 16.3 Å². The molecule has 0 unspecified atom stereocenters. The molecule has 1 aliphatic heterocycles. The number of thiocarbonyl (C=S) groups is 1. The number of rotatable bonds is 3. The zero-order valence-electron chi connectivity index (χ0n) is 14.9. The van der Waals surface area contributed by atoms with Gasteiger partial charge >= 0.3 is 0 Å². The van der Waals surface area contributed by atoms with E-state index in [1.165, 1.54) is 11.0 Å². The minimum absolute atomic E-state index is 0.0131. The number of hydrogen-bond acceptors (Lipinski definition) is 5. The zero-order valence-corrected chi connectivity index (χ0v) is 16.4. The third kappa shape index (κ3) is 3.91. The van der Waals surface area contributed by atoms with Crippen LogP contribution in [0.3, 0.4) is 0 Å². The first-order valence-corrected chi connectivity index (χ1v) is 9.35. The number of amides is 2. The molecule has 0 atom stereocenters. The van der Waals surface area contributed by atoms with Crippen molar-refractivity contribution in [2.24, 2.45) is 0 Å². The number of benzene rings is 2. The second-order valence-corrected chi connectivity index (χ2v) is 6.97. The molecule has 2 heterocycles. The maximum Gasteiger partial charge on any atom is 0.270 e. The lowest BCUT2D eigenvalue weighted by Gasteiger charge is -2.28. The van der Waals surface area contributed by atoms with Crippen LogP contribution in [0.15, 0.2) is 72.7 Å². The van der Waals surface area contributed by atoms with Crippen molar-refractivity contribution in [3.05, 3.63) is 83.3 Å². The lowest BCUT2D eigenvalue weighted by molar-refractivity contribution is -0.122. The Kier molecular flexibility index (Phi) is 5.16. The maximum atomic E-state index is 13.0. The largest absolute Gasteiger partial charge is 0.298 e. The van der Waals surface area contributed by atoms with Gasteiger partial charge < -0.3 is 0 Å². The highest BCUT2D eigenvalue weighted by molar-refractivity contribution is 7.80. The third-order valence-electron chi connectivity index (χ3n) is 4.27. The summed E-state index contributed by atoms with van der Waals surface area (Å²) in [7, 11) is 0. The van der Waals surface area contributed by atoms with Crippen LogP contribution in [0.2, 0.25) is 5.02 Å². The Labute approximate surface area is 176 Å². The van der Waals surface area contributed by atoms with E-state index < -0.39 is 11.8 Å². The minimum Gasteiger partial charge on any atom is -0.298 e. The number of carbonyl (C=O) groups excluding carboxylic acids is 2. The molecule has 0 spiro atoms. The van der Waals surface area contributed by atoms with E-state index in [4.69, 9.17) is 23.8 Å². The highest BCUT2D eigenvalue weighted by atomic mass is 35.5. The molecule has 0 bridgehead atoms. The Hall–Kier alpha value is -3.42. The molecule has 1 aromatic heterocycles. The second kappa shape index (κ2) is 7.90. The number of hydrogen-bond donors (Lipinski definition) is 1. The molecule has 1 aliphatic rings. The van der Waals surface area contributed by atoms with E-state index in [0.717, 1.165) is 11.3 Å². The molecule has 6 nitrogen and oxygen atoms in total. The molecule has 0 radical (unpaired) electrons. The van der Waals surface area contributed by atoms with Crippen molar-refractivity contribution >= 4 is 52.5 Å². The molecule has 1 saturated heterocycles. The topological polar surface area (TPSA) is 75.2 Å².